The lowest BCUT2D eigenvalue weighted by Crippen LogP contribution is -2.37. The zero-order chi connectivity index (χ0) is 18.9. The fourth-order valence-corrected chi connectivity index (χ4v) is 4.34. The van der Waals surface area contributed by atoms with Crippen LogP contribution < -0.4 is 4.90 Å². The molecule has 2 aromatic heterocycles. The van der Waals surface area contributed by atoms with Crippen molar-refractivity contribution in [3.63, 3.8) is 0 Å². The standard InChI is InChI=1S/C14H19F3N6O2S/c1-11-18-19-12-3-4-13(20-23(11)12)21-6-2-7-22(9-8-21)26(24,25)10-5-14(15,16)17/h3-4H,2,5-10H2,1H3. The maximum absolute atomic E-state index is 12.3. The number of sulfonamides is 1. The predicted molar refractivity (Wildman–Crippen MR) is 88.4 cm³/mol. The highest BCUT2D eigenvalue weighted by molar-refractivity contribution is 7.89. The first-order valence-electron chi connectivity index (χ1n) is 8.14. The van der Waals surface area contributed by atoms with E-state index in [0.29, 0.717) is 36.8 Å². The first kappa shape index (κ1) is 18.8. The lowest BCUT2D eigenvalue weighted by molar-refractivity contribution is -0.130. The van der Waals surface area contributed by atoms with E-state index in [4.69, 9.17) is 0 Å². The van der Waals surface area contributed by atoms with Gasteiger partial charge >= 0.3 is 6.18 Å². The summed E-state index contributed by atoms with van der Waals surface area (Å²) in [4.78, 5) is 1.91. The van der Waals surface area contributed by atoms with Gasteiger partial charge in [0.1, 0.15) is 5.82 Å². The highest BCUT2D eigenvalue weighted by atomic mass is 32.2. The molecule has 0 unspecified atom stereocenters. The minimum Gasteiger partial charge on any atom is -0.354 e. The number of hydrogen-bond donors (Lipinski definition) is 0. The summed E-state index contributed by atoms with van der Waals surface area (Å²) in [6.45, 7) is 3.01. The molecule has 3 heterocycles. The molecular formula is C14H19F3N6O2S. The van der Waals surface area contributed by atoms with Crippen LogP contribution in [0.1, 0.15) is 18.7 Å². The van der Waals surface area contributed by atoms with Crippen molar-refractivity contribution in [3.05, 3.63) is 18.0 Å². The van der Waals surface area contributed by atoms with E-state index in [0.717, 1.165) is 4.31 Å². The van der Waals surface area contributed by atoms with Gasteiger partial charge in [-0.15, -0.1) is 15.3 Å². The van der Waals surface area contributed by atoms with E-state index >= 15 is 0 Å². The maximum Gasteiger partial charge on any atom is 0.390 e. The molecule has 0 atom stereocenters. The van der Waals surface area contributed by atoms with Crippen LogP contribution in [0.4, 0.5) is 19.0 Å². The van der Waals surface area contributed by atoms with E-state index < -0.39 is 28.4 Å². The van der Waals surface area contributed by atoms with Crippen molar-refractivity contribution in [2.75, 3.05) is 36.8 Å². The second-order valence-electron chi connectivity index (χ2n) is 6.13. The van der Waals surface area contributed by atoms with Crippen molar-refractivity contribution in [3.8, 4) is 0 Å². The van der Waals surface area contributed by atoms with Crippen LogP contribution in [0.15, 0.2) is 12.1 Å². The Morgan fingerprint density at radius 2 is 1.88 bits per heavy atom. The van der Waals surface area contributed by atoms with Crippen LogP contribution in [0, 0.1) is 6.92 Å². The molecule has 0 bridgehead atoms. The van der Waals surface area contributed by atoms with Gasteiger partial charge < -0.3 is 4.90 Å². The molecule has 0 saturated carbocycles. The molecule has 0 spiro atoms. The number of halogens is 3. The van der Waals surface area contributed by atoms with Crippen LogP contribution in [0.25, 0.3) is 5.65 Å². The number of aryl methyl sites for hydroxylation is 1. The van der Waals surface area contributed by atoms with Gasteiger partial charge in [0, 0.05) is 26.2 Å². The van der Waals surface area contributed by atoms with Crippen LogP contribution >= 0.6 is 0 Å². The molecule has 0 aromatic carbocycles. The molecule has 0 N–H and O–H groups in total. The summed E-state index contributed by atoms with van der Waals surface area (Å²) in [7, 11) is -3.94. The van der Waals surface area contributed by atoms with Crippen LogP contribution in [0.2, 0.25) is 0 Å². The predicted octanol–water partition coefficient (Wildman–Crippen LogP) is 1.23. The monoisotopic (exact) mass is 392 g/mol. The number of aromatic nitrogens is 4. The molecule has 12 heteroatoms. The van der Waals surface area contributed by atoms with Gasteiger partial charge in [-0.05, 0) is 25.5 Å². The zero-order valence-corrected chi connectivity index (χ0v) is 15.0. The van der Waals surface area contributed by atoms with Crippen molar-refractivity contribution >= 4 is 21.5 Å². The topological polar surface area (TPSA) is 83.7 Å². The third kappa shape index (κ3) is 4.23. The van der Waals surface area contributed by atoms with Crippen LogP contribution in [0.5, 0.6) is 0 Å². The summed E-state index contributed by atoms with van der Waals surface area (Å²) in [6, 6.07) is 3.54. The second-order valence-corrected chi connectivity index (χ2v) is 8.22. The van der Waals surface area contributed by atoms with E-state index in [9.17, 15) is 21.6 Å². The highest BCUT2D eigenvalue weighted by Gasteiger charge is 2.33. The van der Waals surface area contributed by atoms with Gasteiger partial charge in [0.15, 0.2) is 11.5 Å². The summed E-state index contributed by atoms with van der Waals surface area (Å²) < 4.78 is 64.1. The van der Waals surface area contributed by atoms with Crippen molar-refractivity contribution < 1.29 is 21.6 Å². The van der Waals surface area contributed by atoms with Gasteiger partial charge in [0.05, 0.1) is 12.2 Å². The molecule has 1 aliphatic heterocycles. The van der Waals surface area contributed by atoms with Gasteiger partial charge in [0.2, 0.25) is 10.0 Å². The van der Waals surface area contributed by atoms with Crippen LogP contribution in [-0.4, -0.2) is 70.6 Å². The number of hydrogen-bond acceptors (Lipinski definition) is 6. The third-order valence-corrected chi connectivity index (χ3v) is 6.09. The molecule has 26 heavy (non-hydrogen) atoms. The summed E-state index contributed by atoms with van der Waals surface area (Å²) >= 11 is 0. The van der Waals surface area contributed by atoms with Gasteiger partial charge in [-0.1, -0.05) is 0 Å². The molecule has 2 aromatic rings. The number of alkyl halides is 3. The summed E-state index contributed by atoms with van der Waals surface area (Å²) in [5.74, 6) is 0.364. The highest BCUT2D eigenvalue weighted by Crippen LogP contribution is 2.22. The smallest absolute Gasteiger partial charge is 0.354 e. The van der Waals surface area contributed by atoms with Crippen molar-refractivity contribution in [2.24, 2.45) is 0 Å². The Bertz CT molecular complexity index is 882. The molecule has 0 amide bonds. The summed E-state index contributed by atoms with van der Waals surface area (Å²) in [5.41, 5.74) is 0.609. The summed E-state index contributed by atoms with van der Waals surface area (Å²) in [5, 5.41) is 12.4. The van der Waals surface area contributed by atoms with E-state index in [1.165, 1.54) is 0 Å². The average molecular weight is 392 g/mol. The molecule has 3 rings (SSSR count). The fraction of sp³-hybridized carbons (Fsp3) is 0.643. The molecule has 0 radical (unpaired) electrons. The lowest BCUT2D eigenvalue weighted by atomic mass is 10.4. The number of fused-ring (bicyclic) bond motifs is 1. The SMILES string of the molecule is Cc1nnc2ccc(N3CCCN(S(=O)(=O)CCC(F)(F)F)CC3)nn12. The van der Waals surface area contributed by atoms with Crippen molar-refractivity contribution in [2.45, 2.75) is 25.9 Å². The second kappa shape index (κ2) is 6.99. The van der Waals surface area contributed by atoms with Crippen molar-refractivity contribution in [1.29, 1.82) is 0 Å². The number of anilines is 1. The Morgan fingerprint density at radius 1 is 1.12 bits per heavy atom. The lowest BCUT2D eigenvalue weighted by Gasteiger charge is -2.22. The van der Waals surface area contributed by atoms with E-state index in [2.05, 4.69) is 15.3 Å². The Morgan fingerprint density at radius 3 is 2.62 bits per heavy atom. The van der Waals surface area contributed by atoms with E-state index in [-0.39, 0.29) is 13.1 Å². The minimum absolute atomic E-state index is 0.126. The largest absolute Gasteiger partial charge is 0.390 e. The Balaban J connectivity index is 1.70. The molecule has 8 nitrogen and oxygen atoms in total. The van der Waals surface area contributed by atoms with Crippen LogP contribution in [-0.2, 0) is 10.0 Å². The molecular weight excluding hydrogens is 373 g/mol. The Labute approximate surface area is 148 Å². The molecule has 144 valence electrons. The average Bonchev–Trinajstić information content (AvgIpc) is 2.79. The number of rotatable bonds is 4. The Kier molecular flexibility index (Phi) is 5.06. The van der Waals surface area contributed by atoms with E-state index in [1.807, 2.05) is 4.90 Å². The maximum atomic E-state index is 12.3. The van der Waals surface area contributed by atoms with Gasteiger partial charge in [-0.2, -0.15) is 17.7 Å². The van der Waals surface area contributed by atoms with Gasteiger partial charge in [-0.25, -0.2) is 12.7 Å². The van der Waals surface area contributed by atoms with Gasteiger partial charge in [0.25, 0.3) is 0 Å². The summed E-state index contributed by atoms with van der Waals surface area (Å²) in [6.07, 6.45) is -5.31. The normalized spacial score (nSPS) is 17.6. The van der Waals surface area contributed by atoms with E-state index in [1.54, 1.807) is 23.6 Å². The number of nitrogens with zero attached hydrogens (tertiary/aromatic N) is 6. The van der Waals surface area contributed by atoms with Gasteiger partial charge in [-0.3, -0.25) is 0 Å². The Hall–Kier alpha value is -1.95. The minimum atomic E-state index is -4.49. The molecule has 0 aliphatic carbocycles. The first-order valence-corrected chi connectivity index (χ1v) is 9.75. The quantitative estimate of drug-likeness (QED) is 0.778. The third-order valence-electron chi connectivity index (χ3n) is 4.22. The first-order chi connectivity index (χ1) is 12.2. The fourth-order valence-electron chi connectivity index (χ4n) is 2.83. The zero-order valence-electron chi connectivity index (χ0n) is 14.1. The molecule has 1 aliphatic rings. The molecule has 1 fully saturated rings. The van der Waals surface area contributed by atoms with Crippen molar-refractivity contribution in [1.82, 2.24) is 24.1 Å². The van der Waals surface area contributed by atoms with Crippen LogP contribution in [0.3, 0.4) is 0 Å². The molecule has 1 saturated heterocycles.